The highest BCUT2D eigenvalue weighted by Crippen LogP contribution is 2.26. The number of anilines is 2. The van der Waals surface area contributed by atoms with E-state index in [0.717, 1.165) is 34.4 Å². The van der Waals surface area contributed by atoms with Gasteiger partial charge in [-0.25, -0.2) is 9.78 Å². The number of urea groups is 1. The second kappa shape index (κ2) is 15.3. The molecule has 8 nitrogen and oxygen atoms in total. The lowest BCUT2D eigenvalue weighted by molar-refractivity contribution is 0.262. The van der Waals surface area contributed by atoms with E-state index in [0.29, 0.717) is 10.8 Å². The maximum atomic E-state index is 12.0. The van der Waals surface area contributed by atoms with Crippen LogP contribution in [0.1, 0.15) is 32.1 Å². The van der Waals surface area contributed by atoms with E-state index in [1.165, 1.54) is 43.4 Å². The van der Waals surface area contributed by atoms with E-state index in [1.54, 1.807) is 19.2 Å². The predicted octanol–water partition coefficient (Wildman–Crippen LogP) is 4.63. The van der Waals surface area contributed by atoms with Gasteiger partial charge in [-0.2, -0.15) is 0 Å². The van der Waals surface area contributed by atoms with Gasteiger partial charge in [0, 0.05) is 21.5 Å². The Labute approximate surface area is 210 Å². The third-order valence-corrected chi connectivity index (χ3v) is 6.35. The Balaban J connectivity index is 0.000000494. The minimum atomic E-state index is -0.336. The van der Waals surface area contributed by atoms with Crippen molar-refractivity contribution < 1.29 is 20.5 Å². The third kappa shape index (κ3) is 9.32. The van der Waals surface area contributed by atoms with Crippen molar-refractivity contribution in [3.05, 3.63) is 53.9 Å². The number of benzene rings is 2. The lowest BCUT2D eigenvalue weighted by atomic mass is 9.90. The second-order valence-electron chi connectivity index (χ2n) is 7.63. The largest absolute Gasteiger partial charge is 0.497 e. The maximum Gasteiger partial charge on any atom is 0.325 e. The maximum absolute atomic E-state index is 12.0. The molecule has 0 saturated heterocycles. The molecule has 0 spiro atoms. The average molecular weight is 507 g/mol. The summed E-state index contributed by atoms with van der Waals surface area (Å²) in [6.45, 7) is 0.917. The lowest BCUT2D eigenvalue weighted by Crippen LogP contribution is -2.19. The fourth-order valence-corrected chi connectivity index (χ4v) is 4.32. The van der Waals surface area contributed by atoms with Gasteiger partial charge in [0.2, 0.25) is 0 Å². The number of rotatable bonds is 5. The molecule has 0 atom stereocenters. The summed E-state index contributed by atoms with van der Waals surface area (Å²) in [4.78, 5) is 17.3. The summed E-state index contributed by atoms with van der Waals surface area (Å²) in [6, 6.07) is 14.5. The molecular weight excluding hydrogens is 472 g/mol. The molecule has 0 aliphatic heterocycles. The van der Waals surface area contributed by atoms with Crippen molar-refractivity contribution in [3.8, 4) is 17.0 Å². The molecular formula is C24H34N4O4S2. The minimum absolute atomic E-state index is 0. The number of nitrogens with one attached hydrogen (secondary N) is 2. The van der Waals surface area contributed by atoms with Crippen molar-refractivity contribution in [2.45, 2.75) is 37.0 Å². The van der Waals surface area contributed by atoms with Crippen LogP contribution in [0.5, 0.6) is 5.75 Å². The van der Waals surface area contributed by atoms with Crippen LogP contribution in [-0.4, -0.2) is 35.6 Å². The van der Waals surface area contributed by atoms with Crippen LogP contribution >= 0.6 is 24.0 Å². The third-order valence-electron chi connectivity index (χ3n) is 5.29. The van der Waals surface area contributed by atoms with E-state index in [2.05, 4.69) is 28.2 Å². The van der Waals surface area contributed by atoms with E-state index in [4.69, 9.17) is 10.5 Å². The number of carbonyl (C=O) groups excluding carboxylic acids is 1. The summed E-state index contributed by atoms with van der Waals surface area (Å²) >= 11 is 5.58. The number of methoxy groups -OCH3 is 1. The van der Waals surface area contributed by atoms with Gasteiger partial charge in [0.15, 0.2) is 5.13 Å². The van der Waals surface area contributed by atoms with E-state index < -0.39 is 0 Å². The Hall–Kier alpha value is -2.63. The molecule has 1 fully saturated rings. The number of hydrogen-bond donors (Lipinski definition) is 4. The molecule has 186 valence electrons. The SMILES string of the molecule is COc1ccc(-c2csc(NC(=O)Nc3ccc(S)cc3)n2)cc1.NCC1CCCCC1.O.O. The zero-order valence-corrected chi connectivity index (χ0v) is 20.9. The van der Waals surface area contributed by atoms with Gasteiger partial charge >= 0.3 is 6.03 Å². The fraction of sp³-hybridized carbons (Fsp3) is 0.333. The molecule has 3 aromatic rings. The highest BCUT2D eigenvalue weighted by molar-refractivity contribution is 7.80. The van der Waals surface area contributed by atoms with E-state index in [-0.39, 0.29) is 17.0 Å². The van der Waals surface area contributed by atoms with Gasteiger partial charge < -0.3 is 26.7 Å². The van der Waals surface area contributed by atoms with Crippen LogP contribution in [-0.2, 0) is 0 Å². The van der Waals surface area contributed by atoms with Crippen LogP contribution in [0.4, 0.5) is 15.6 Å². The van der Waals surface area contributed by atoms with Crippen LogP contribution in [0.25, 0.3) is 11.3 Å². The van der Waals surface area contributed by atoms with E-state index >= 15 is 0 Å². The first-order valence-corrected chi connectivity index (χ1v) is 12.1. The monoisotopic (exact) mass is 506 g/mol. The number of thiol groups is 1. The van der Waals surface area contributed by atoms with Gasteiger partial charge in [0.1, 0.15) is 5.75 Å². The van der Waals surface area contributed by atoms with E-state index in [1.807, 2.05) is 41.8 Å². The van der Waals surface area contributed by atoms with Crippen molar-refractivity contribution in [1.29, 1.82) is 0 Å². The van der Waals surface area contributed by atoms with E-state index in [9.17, 15) is 4.79 Å². The molecule has 1 heterocycles. The molecule has 0 radical (unpaired) electrons. The molecule has 1 aliphatic carbocycles. The van der Waals surface area contributed by atoms with Crippen LogP contribution < -0.4 is 21.1 Å². The predicted molar refractivity (Wildman–Crippen MR) is 143 cm³/mol. The Bertz CT molecular complexity index is 975. The fourth-order valence-electron chi connectivity index (χ4n) is 3.45. The number of ether oxygens (including phenoxy) is 1. The molecule has 34 heavy (non-hydrogen) atoms. The Morgan fingerprint density at radius 1 is 1.06 bits per heavy atom. The smallest absolute Gasteiger partial charge is 0.325 e. The van der Waals surface area contributed by atoms with Gasteiger partial charge in [0.25, 0.3) is 0 Å². The summed E-state index contributed by atoms with van der Waals surface area (Å²) in [6.07, 6.45) is 7.05. The normalized spacial score (nSPS) is 12.8. The number of amides is 2. The number of nitrogens with two attached hydrogens (primary N) is 1. The van der Waals surface area contributed by atoms with Gasteiger partial charge in [-0.3, -0.25) is 5.32 Å². The van der Waals surface area contributed by atoms with Crippen LogP contribution in [0.15, 0.2) is 58.8 Å². The van der Waals surface area contributed by atoms with Crippen molar-refractivity contribution in [2.24, 2.45) is 11.7 Å². The van der Waals surface area contributed by atoms with Crippen LogP contribution in [0.3, 0.4) is 0 Å². The van der Waals surface area contributed by atoms with Gasteiger partial charge in [-0.05, 0) is 73.8 Å². The van der Waals surface area contributed by atoms with Crippen LogP contribution in [0.2, 0.25) is 0 Å². The minimum Gasteiger partial charge on any atom is -0.497 e. The molecule has 2 aromatic carbocycles. The Morgan fingerprint density at radius 3 is 2.26 bits per heavy atom. The van der Waals surface area contributed by atoms with Crippen molar-refractivity contribution >= 4 is 40.8 Å². The standard InChI is InChI=1S/C17H15N3O2S2.C7H15N.2H2O/c1-22-13-6-2-11(3-7-13)15-10-24-17(19-15)20-16(21)18-12-4-8-14(23)9-5-12;8-6-7-4-2-1-3-5-7;;/h2-10,23H,1H3,(H2,18,19,20,21);7H,1-6,8H2;2*1H2. The molecule has 10 heteroatoms. The summed E-state index contributed by atoms with van der Waals surface area (Å²) in [7, 11) is 1.63. The summed E-state index contributed by atoms with van der Waals surface area (Å²) in [5.41, 5.74) is 7.96. The average Bonchev–Trinajstić information content (AvgIpc) is 3.30. The number of hydrogen-bond acceptors (Lipinski definition) is 6. The molecule has 1 aliphatic rings. The number of aromatic nitrogens is 1. The first-order valence-electron chi connectivity index (χ1n) is 10.7. The first kappa shape index (κ1) is 29.4. The van der Waals surface area contributed by atoms with Gasteiger partial charge in [0.05, 0.1) is 12.8 Å². The molecule has 0 bridgehead atoms. The van der Waals surface area contributed by atoms with Crippen LogP contribution in [0, 0.1) is 5.92 Å². The van der Waals surface area contributed by atoms with Crippen molar-refractivity contribution in [2.75, 3.05) is 24.3 Å². The number of nitrogens with zero attached hydrogens (tertiary/aromatic N) is 1. The quantitative estimate of drug-likeness (QED) is 0.373. The Morgan fingerprint density at radius 2 is 1.71 bits per heavy atom. The highest BCUT2D eigenvalue weighted by Gasteiger charge is 2.10. The molecule has 1 aromatic heterocycles. The molecule has 2 amide bonds. The topological polar surface area (TPSA) is 152 Å². The zero-order valence-electron chi connectivity index (χ0n) is 19.2. The zero-order chi connectivity index (χ0) is 22.8. The number of carbonyl (C=O) groups is 1. The molecule has 1 saturated carbocycles. The van der Waals surface area contributed by atoms with Crippen molar-refractivity contribution in [3.63, 3.8) is 0 Å². The first-order chi connectivity index (χ1) is 15.6. The second-order valence-corrected chi connectivity index (χ2v) is 9.01. The highest BCUT2D eigenvalue weighted by atomic mass is 32.1. The number of thiazole rings is 1. The molecule has 4 rings (SSSR count). The van der Waals surface area contributed by atoms with Crippen molar-refractivity contribution in [1.82, 2.24) is 4.98 Å². The van der Waals surface area contributed by atoms with Gasteiger partial charge in [-0.15, -0.1) is 24.0 Å². The summed E-state index contributed by atoms with van der Waals surface area (Å²) < 4.78 is 5.14. The summed E-state index contributed by atoms with van der Waals surface area (Å²) in [5, 5.41) is 7.91. The molecule has 8 N–H and O–H groups in total. The van der Waals surface area contributed by atoms with Gasteiger partial charge in [-0.1, -0.05) is 19.3 Å². The lowest BCUT2D eigenvalue weighted by Gasteiger charge is -2.18. The molecule has 0 unspecified atom stereocenters. The Kier molecular flexibility index (Phi) is 13.2. The summed E-state index contributed by atoms with van der Waals surface area (Å²) in [5.74, 6) is 1.66.